The molecule has 0 unspecified atom stereocenters. The van der Waals surface area contributed by atoms with Crippen LogP contribution in [0.5, 0.6) is 23.0 Å². The van der Waals surface area contributed by atoms with E-state index in [-0.39, 0.29) is 16.7 Å². The highest BCUT2D eigenvalue weighted by molar-refractivity contribution is 9.09. The van der Waals surface area contributed by atoms with Gasteiger partial charge in [-0.3, -0.25) is 4.79 Å². The predicted molar refractivity (Wildman–Crippen MR) is 148 cm³/mol. The van der Waals surface area contributed by atoms with Crippen LogP contribution in [0.1, 0.15) is 56.3 Å². The number of unbranched alkanes of at least 4 members (excludes halogenated alkanes) is 4. The molecule has 0 saturated heterocycles. The molecule has 0 aliphatic carbocycles. The molecule has 0 aliphatic heterocycles. The van der Waals surface area contributed by atoms with Crippen molar-refractivity contribution in [3.05, 3.63) is 52.3 Å². The summed E-state index contributed by atoms with van der Waals surface area (Å²) in [4.78, 5) is 25.2. The highest BCUT2D eigenvalue weighted by atomic mass is 79.9. The molecule has 9 heteroatoms. The molecule has 1 aromatic heterocycles. The van der Waals surface area contributed by atoms with E-state index in [0.29, 0.717) is 48.3 Å². The third-order valence-corrected chi connectivity index (χ3v) is 6.37. The summed E-state index contributed by atoms with van der Waals surface area (Å²) in [6.07, 6.45) is 6.77. The summed E-state index contributed by atoms with van der Waals surface area (Å²) in [6.45, 7) is 5.17. The zero-order chi connectivity index (χ0) is 26.8. The molecule has 3 rings (SSSR count). The number of hydrogen-bond donors (Lipinski definition) is 1. The van der Waals surface area contributed by atoms with E-state index in [4.69, 9.17) is 18.9 Å². The van der Waals surface area contributed by atoms with Gasteiger partial charge in [0.25, 0.3) is 0 Å². The Morgan fingerprint density at radius 3 is 2.11 bits per heavy atom. The molecule has 0 fully saturated rings. The molecule has 3 aromatic rings. The quantitative estimate of drug-likeness (QED) is 0.170. The van der Waals surface area contributed by atoms with E-state index in [1.54, 1.807) is 34.9 Å². The van der Waals surface area contributed by atoms with Crippen molar-refractivity contribution in [2.75, 3.05) is 32.3 Å². The second-order valence-corrected chi connectivity index (χ2v) is 9.19. The Morgan fingerprint density at radius 1 is 0.892 bits per heavy atom. The SMILES string of the molecule is CCOc1cc(OCC)cc(-n2cc(C(=O)O)c(=O)c3c(OC)cc(OCCCCCCCBr)cc32)c1. The second kappa shape index (κ2) is 13.9. The molecule has 0 bridgehead atoms. The lowest BCUT2D eigenvalue weighted by Crippen LogP contribution is -2.19. The molecular weight excluding hydrogens is 542 g/mol. The first-order valence-electron chi connectivity index (χ1n) is 12.5. The predicted octanol–water partition coefficient (Wildman–Crippen LogP) is 6.22. The van der Waals surface area contributed by atoms with Crippen molar-refractivity contribution in [3.63, 3.8) is 0 Å². The Labute approximate surface area is 225 Å². The highest BCUT2D eigenvalue weighted by Gasteiger charge is 2.20. The maximum absolute atomic E-state index is 13.2. The summed E-state index contributed by atoms with van der Waals surface area (Å²) in [5.74, 6) is 0.580. The first-order chi connectivity index (χ1) is 17.9. The van der Waals surface area contributed by atoms with Crippen molar-refractivity contribution >= 4 is 32.8 Å². The highest BCUT2D eigenvalue weighted by Crippen LogP contribution is 2.33. The summed E-state index contributed by atoms with van der Waals surface area (Å²) >= 11 is 3.45. The average Bonchev–Trinajstić information content (AvgIpc) is 2.88. The summed E-state index contributed by atoms with van der Waals surface area (Å²) in [5.41, 5.74) is 0.0355. The molecule has 37 heavy (non-hydrogen) atoms. The van der Waals surface area contributed by atoms with Crippen LogP contribution >= 0.6 is 15.9 Å². The smallest absolute Gasteiger partial charge is 0.341 e. The van der Waals surface area contributed by atoms with Crippen LogP contribution in [-0.4, -0.2) is 47.9 Å². The Bertz CT molecular complexity index is 1250. The second-order valence-electron chi connectivity index (χ2n) is 8.40. The van der Waals surface area contributed by atoms with E-state index in [9.17, 15) is 14.7 Å². The number of fused-ring (bicyclic) bond motifs is 1. The molecule has 0 atom stereocenters. The molecule has 0 aliphatic rings. The molecular formula is C28H34BrNO7. The van der Waals surface area contributed by atoms with Gasteiger partial charge in [-0.1, -0.05) is 35.2 Å². The maximum Gasteiger partial charge on any atom is 0.341 e. The van der Waals surface area contributed by atoms with Crippen LogP contribution in [0.3, 0.4) is 0 Å². The number of aromatic carboxylic acids is 1. The van der Waals surface area contributed by atoms with Gasteiger partial charge in [-0.25, -0.2) is 4.79 Å². The third kappa shape index (κ3) is 7.19. The number of ether oxygens (including phenoxy) is 4. The Morgan fingerprint density at radius 2 is 1.51 bits per heavy atom. The first kappa shape index (κ1) is 28.4. The molecule has 0 spiro atoms. The van der Waals surface area contributed by atoms with Gasteiger partial charge in [-0.15, -0.1) is 0 Å². The number of carboxylic acid groups (broad SMARTS) is 1. The summed E-state index contributed by atoms with van der Waals surface area (Å²) in [6, 6.07) is 8.69. The monoisotopic (exact) mass is 575 g/mol. The molecule has 2 aromatic carbocycles. The van der Waals surface area contributed by atoms with E-state index in [0.717, 1.165) is 31.0 Å². The minimum atomic E-state index is -1.33. The van der Waals surface area contributed by atoms with Crippen molar-refractivity contribution in [3.8, 4) is 28.7 Å². The van der Waals surface area contributed by atoms with Crippen LogP contribution in [0.4, 0.5) is 0 Å². The number of halogens is 1. The molecule has 1 N–H and O–H groups in total. The molecule has 1 heterocycles. The van der Waals surface area contributed by atoms with E-state index in [1.165, 1.54) is 19.7 Å². The Balaban J connectivity index is 2.12. The maximum atomic E-state index is 13.2. The zero-order valence-corrected chi connectivity index (χ0v) is 23.1. The van der Waals surface area contributed by atoms with Gasteiger partial charge < -0.3 is 28.6 Å². The van der Waals surface area contributed by atoms with E-state index < -0.39 is 11.4 Å². The van der Waals surface area contributed by atoms with Crippen molar-refractivity contribution in [1.29, 1.82) is 0 Å². The van der Waals surface area contributed by atoms with Crippen LogP contribution in [0.2, 0.25) is 0 Å². The van der Waals surface area contributed by atoms with Gasteiger partial charge in [0.2, 0.25) is 5.43 Å². The number of benzene rings is 2. The lowest BCUT2D eigenvalue weighted by molar-refractivity contribution is 0.0695. The number of nitrogens with zero attached hydrogens (tertiary/aromatic N) is 1. The minimum Gasteiger partial charge on any atom is -0.496 e. The van der Waals surface area contributed by atoms with Gasteiger partial charge in [0, 0.05) is 41.9 Å². The number of carboxylic acids is 1. The molecule has 0 radical (unpaired) electrons. The Kier molecular flexibility index (Phi) is 10.7. The number of pyridine rings is 1. The Hall–Kier alpha value is -3.20. The largest absolute Gasteiger partial charge is 0.496 e. The molecule has 0 saturated carbocycles. The fourth-order valence-electron chi connectivity index (χ4n) is 4.11. The van der Waals surface area contributed by atoms with Crippen LogP contribution in [-0.2, 0) is 0 Å². The van der Waals surface area contributed by atoms with E-state index >= 15 is 0 Å². The van der Waals surface area contributed by atoms with Crippen molar-refractivity contribution in [2.45, 2.75) is 46.0 Å². The number of rotatable bonds is 15. The van der Waals surface area contributed by atoms with Crippen molar-refractivity contribution < 1.29 is 28.8 Å². The number of carbonyl (C=O) groups is 1. The summed E-state index contributed by atoms with van der Waals surface area (Å²) in [5, 5.41) is 11.0. The van der Waals surface area contributed by atoms with Gasteiger partial charge in [0.15, 0.2) is 0 Å². The van der Waals surface area contributed by atoms with Gasteiger partial charge >= 0.3 is 5.97 Å². The fourth-order valence-corrected chi connectivity index (χ4v) is 4.51. The molecule has 0 amide bonds. The number of aromatic nitrogens is 1. The van der Waals surface area contributed by atoms with Crippen LogP contribution in [0.25, 0.3) is 16.6 Å². The normalized spacial score (nSPS) is 10.9. The van der Waals surface area contributed by atoms with Gasteiger partial charge in [-0.2, -0.15) is 0 Å². The van der Waals surface area contributed by atoms with Gasteiger partial charge in [0.1, 0.15) is 28.6 Å². The van der Waals surface area contributed by atoms with Crippen LogP contribution in [0, 0.1) is 0 Å². The van der Waals surface area contributed by atoms with Gasteiger partial charge in [-0.05, 0) is 26.7 Å². The lowest BCUT2D eigenvalue weighted by Gasteiger charge is -2.18. The molecule has 8 nitrogen and oxygen atoms in total. The molecule has 200 valence electrons. The fraction of sp³-hybridized carbons (Fsp3) is 0.429. The van der Waals surface area contributed by atoms with Gasteiger partial charge in [0.05, 0.1) is 43.5 Å². The average molecular weight is 576 g/mol. The van der Waals surface area contributed by atoms with E-state index in [1.807, 2.05) is 13.8 Å². The van der Waals surface area contributed by atoms with Crippen LogP contribution in [0.15, 0.2) is 41.3 Å². The summed E-state index contributed by atoms with van der Waals surface area (Å²) < 4.78 is 24.6. The summed E-state index contributed by atoms with van der Waals surface area (Å²) in [7, 11) is 1.45. The number of hydrogen-bond acceptors (Lipinski definition) is 6. The number of methoxy groups -OCH3 is 1. The lowest BCUT2D eigenvalue weighted by atomic mass is 10.1. The van der Waals surface area contributed by atoms with Crippen LogP contribution < -0.4 is 24.4 Å². The zero-order valence-electron chi connectivity index (χ0n) is 21.5. The first-order valence-corrected chi connectivity index (χ1v) is 13.7. The van der Waals surface area contributed by atoms with Crippen molar-refractivity contribution in [2.24, 2.45) is 0 Å². The van der Waals surface area contributed by atoms with Crippen molar-refractivity contribution in [1.82, 2.24) is 4.57 Å². The third-order valence-electron chi connectivity index (χ3n) is 5.81. The topological polar surface area (TPSA) is 96.2 Å². The number of alkyl halides is 1. The minimum absolute atomic E-state index is 0.157. The standard InChI is InChI=1S/C28H34BrNO7/c1-4-35-20-13-19(14-21(15-20)36-5-2)30-18-23(28(32)33)27(31)26-24(30)16-22(17-25(26)34-3)37-12-10-8-6-7-9-11-29/h13-18H,4-12H2,1-3H3,(H,32,33). The van der Waals surface area contributed by atoms with E-state index in [2.05, 4.69) is 15.9 Å².